The molecule has 2 rings (SSSR count). The van der Waals surface area contributed by atoms with E-state index in [-0.39, 0.29) is 18.0 Å². The second kappa shape index (κ2) is 7.08. The average molecular weight is 323 g/mol. The van der Waals surface area contributed by atoms with Gasteiger partial charge in [0, 0.05) is 18.8 Å². The molecule has 3 N–H and O–H groups in total. The van der Waals surface area contributed by atoms with E-state index < -0.39 is 23.7 Å². The molecule has 1 aliphatic rings. The van der Waals surface area contributed by atoms with Gasteiger partial charge in [0.15, 0.2) is 0 Å². The summed E-state index contributed by atoms with van der Waals surface area (Å²) in [6.45, 7) is 2.67. The number of carboxylic acid groups (broad SMARTS) is 1. The molecule has 1 saturated heterocycles. The Kier molecular flexibility index (Phi) is 5.15. The number of carbonyl (C=O) groups is 3. The van der Waals surface area contributed by atoms with Crippen LogP contribution in [-0.2, 0) is 4.79 Å². The van der Waals surface area contributed by atoms with E-state index in [0.29, 0.717) is 25.2 Å². The predicted molar refractivity (Wildman–Crippen MR) is 80.9 cm³/mol. The Hall–Kier alpha value is -2.64. The molecule has 1 heterocycles. The maximum Gasteiger partial charge on any atom is 0.326 e. The van der Waals surface area contributed by atoms with Gasteiger partial charge in [-0.25, -0.2) is 14.0 Å². The molecule has 1 atom stereocenters. The van der Waals surface area contributed by atoms with Gasteiger partial charge in [-0.2, -0.15) is 0 Å². The number of benzene rings is 1. The number of carbonyl (C=O) groups excluding carboxylic acids is 2. The summed E-state index contributed by atoms with van der Waals surface area (Å²) in [5.74, 6) is -2.76. The molecule has 1 fully saturated rings. The molecular weight excluding hydrogens is 305 g/mol. The van der Waals surface area contributed by atoms with Crippen molar-refractivity contribution in [1.82, 2.24) is 10.6 Å². The lowest BCUT2D eigenvalue weighted by Crippen LogP contribution is -2.41. The second-order valence-corrected chi connectivity index (χ2v) is 5.20. The summed E-state index contributed by atoms with van der Waals surface area (Å²) >= 11 is 0. The van der Waals surface area contributed by atoms with Crippen molar-refractivity contribution >= 4 is 23.6 Å². The third-order valence-corrected chi connectivity index (χ3v) is 3.54. The van der Waals surface area contributed by atoms with Gasteiger partial charge in [0.05, 0.1) is 5.56 Å². The number of nitrogens with one attached hydrogen (secondary N) is 2. The van der Waals surface area contributed by atoms with Crippen LogP contribution >= 0.6 is 0 Å². The highest BCUT2D eigenvalue weighted by atomic mass is 19.1. The second-order valence-electron chi connectivity index (χ2n) is 5.20. The molecule has 23 heavy (non-hydrogen) atoms. The molecule has 124 valence electrons. The van der Waals surface area contributed by atoms with Crippen molar-refractivity contribution in [3.63, 3.8) is 0 Å². The molecular formula is C15H18FN3O4. The van der Waals surface area contributed by atoms with Crippen LogP contribution in [0.1, 0.15) is 30.1 Å². The van der Waals surface area contributed by atoms with E-state index in [1.165, 1.54) is 17.0 Å². The molecule has 1 unspecified atom stereocenters. The minimum Gasteiger partial charge on any atom is -0.480 e. The number of rotatable bonds is 6. The first-order valence-electron chi connectivity index (χ1n) is 7.32. The zero-order valence-corrected chi connectivity index (χ0v) is 12.6. The smallest absolute Gasteiger partial charge is 0.326 e. The summed E-state index contributed by atoms with van der Waals surface area (Å²) < 4.78 is 13.9. The average Bonchev–Trinajstić information content (AvgIpc) is 2.93. The summed E-state index contributed by atoms with van der Waals surface area (Å²) in [5, 5.41) is 14.0. The minimum absolute atomic E-state index is 0.247. The number of hydrogen-bond donors (Lipinski definition) is 3. The number of carboxylic acids is 1. The van der Waals surface area contributed by atoms with Gasteiger partial charge in [0.1, 0.15) is 11.9 Å². The summed E-state index contributed by atoms with van der Waals surface area (Å²) in [5.41, 5.74) is 0.0958. The van der Waals surface area contributed by atoms with Crippen molar-refractivity contribution in [3.05, 3.63) is 29.6 Å². The van der Waals surface area contributed by atoms with Gasteiger partial charge in [0.25, 0.3) is 5.91 Å². The monoisotopic (exact) mass is 323 g/mol. The summed E-state index contributed by atoms with van der Waals surface area (Å²) in [7, 11) is 0. The fourth-order valence-corrected chi connectivity index (χ4v) is 2.36. The standard InChI is InChI=1S/C15H18FN3O4/c1-2-3-12(14(21)22)18-13(20)10-8-9(4-5-11(10)16)19-7-6-17-15(19)23/h4-5,8,12H,2-3,6-7H2,1H3,(H,17,23)(H,18,20)(H,21,22). The Morgan fingerprint density at radius 3 is 2.78 bits per heavy atom. The number of aliphatic carboxylic acids is 1. The lowest BCUT2D eigenvalue weighted by Gasteiger charge is -2.17. The van der Waals surface area contributed by atoms with Gasteiger partial charge in [-0.05, 0) is 24.6 Å². The summed E-state index contributed by atoms with van der Waals surface area (Å²) in [6, 6.07) is 2.34. The van der Waals surface area contributed by atoms with Gasteiger partial charge in [0.2, 0.25) is 0 Å². The maximum absolute atomic E-state index is 13.9. The minimum atomic E-state index is -1.17. The van der Waals surface area contributed by atoms with Crippen molar-refractivity contribution in [2.45, 2.75) is 25.8 Å². The van der Waals surface area contributed by atoms with E-state index in [4.69, 9.17) is 5.11 Å². The molecule has 0 spiro atoms. The van der Waals surface area contributed by atoms with Crippen molar-refractivity contribution in [2.75, 3.05) is 18.0 Å². The van der Waals surface area contributed by atoms with Crippen LogP contribution < -0.4 is 15.5 Å². The fourth-order valence-electron chi connectivity index (χ4n) is 2.36. The van der Waals surface area contributed by atoms with Crippen molar-refractivity contribution in [2.24, 2.45) is 0 Å². The number of anilines is 1. The first-order valence-corrected chi connectivity index (χ1v) is 7.32. The maximum atomic E-state index is 13.9. The van der Waals surface area contributed by atoms with Crippen LogP contribution in [0.15, 0.2) is 18.2 Å². The van der Waals surface area contributed by atoms with Gasteiger partial charge in [-0.15, -0.1) is 0 Å². The van der Waals surface area contributed by atoms with Crippen LogP contribution in [-0.4, -0.2) is 42.1 Å². The lowest BCUT2D eigenvalue weighted by molar-refractivity contribution is -0.139. The number of hydrogen-bond acceptors (Lipinski definition) is 3. The van der Waals surface area contributed by atoms with Crippen LogP contribution in [0.4, 0.5) is 14.9 Å². The topological polar surface area (TPSA) is 98.7 Å². The van der Waals surface area contributed by atoms with Crippen molar-refractivity contribution in [1.29, 1.82) is 0 Å². The highest BCUT2D eigenvalue weighted by molar-refractivity contribution is 5.99. The Morgan fingerprint density at radius 1 is 1.48 bits per heavy atom. The molecule has 3 amide bonds. The Bertz CT molecular complexity index is 635. The fraction of sp³-hybridized carbons (Fsp3) is 0.400. The van der Waals surface area contributed by atoms with Crippen molar-refractivity contribution < 1.29 is 23.9 Å². The van der Waals surface area contributed by atoms with Gasteiger partial charge >= 0.3 is 12.0 Å². The van der Waals surface area contributed by atoms with Crippen molar-refractivity contribution in [3.8, 4) is 0 Å². The van der Waals surface area contributed by atoms with Crippen LogP contribution in [0.25, 0.3) is 0 Å². The van der Waals surface area contributed by atoms with E-state index in [1.807, 2.05) is 0 Å². The quantitative estimate of drug-likeness (QED) is 0.735. The molecule has 0 bridgehead atoms. The van der Waals surface area contributed by atoms with E-state index in [9.17, 15) is 18.8 Å². The van der Waals surface area contributed by atoms with Crippen LogP contribution in [0.5, 0.6) is 0 Å². The number of halogens is 1. The van der Waals surface area contributed by atoms with Gasteiger partial charge < -0.3 is 15.7 Å². The predicted octanol–water partition coefficient (Wildman–Crippen LogP) is 1.34. The molecule has 8 heteroatoms. The Morgan fingerprint density at radius 2 is 2.22 bits per heavy atom. The summed E-state index contributed by atoms with van der Waals surface area (Å²) in [4.78, 5) is 36.3. The highest BCUT2D eigenvalue weighted by Crippen LogP contribution is 2.20. The van der Waals surface area contributed by atoms with Gasteiger partial charge in [-0.3, -0.25) is 9.69 Å². The number of amides is 3. The van der Waals surface area contributed by atoms with Crippen LogP contribution in [0.3, 0.4) is 0 Å². The molecule has 1 aromatic carbocycles. The molecule has 1 aromatic rings. The largest absolute Gasteiger partial charge is 0.480 e. The van der Waals surface area contributed by atoms with E-state index in [1.54, 1.807) is 6.92 Å². The third-order valence-electron chi connectivity index (χ3n) is 3.54. The lowest BCUT2D eigenvalue weighted by atomic mass is 10.1. The van der Waals surface area contributed by atoms with E-state index in [2.05, 4.69) is 10.6 Å². The Balaban J connectivity index is 2.22. The normalized spacial score (nSPS) is 15.2. The third kappa shape index (κ3) is 3.77. The molecule has 7 nitrogen and oxygen atoms in total. The van der Waals surface area contributed by atoms with Crippen LogP contribution in [0, 0.1) is 5.82 Å². The van der Waals surface area contributed by atoms with E-state index >= 15 is 0 Å². The first kappa shape index (κ1) is 16.7. The first-order chi connectivity index (χ1) is 10.9. The van der Waals surface area contributed by atoms with Crippen LogP contribution in [0.2, 0.25) is 0 Å². The zero-order valence-electron chi connectivity index (χ0n) is 12.6. The zero-order chi connectivity index (χ0) is 17.0. The number of urea groups is 1. The molecule has 1 aliphatic heterocycles. The highest BCUT2D eigenvalue weighted by Gasteiger charge is 2.25. The molecule has 0 radical (unpaired) electrons. The number of nitrogens with zero attached hydrogens (tertiary/aromatic N) is 1. The van der Waals surface area contributed by atoms with Gasteiger partial charge in [-0.1, -0.05) is 13.3 Å². The Labute approximate surface area is 132 Å². The molecule has 0 aliphatic carbocycles. The summed E-state index contributed by atoms with van der Waals surface area (Å²) in [6.07, 6.45) is 0.810. The van der Waals surface area contributed by atoms with E-state index in [0.717, 1.165) is 6.07 Å². The molecule has 0 aromatic heterocycles. The molecule has 0 saturated carbocycles. The SMILES string of the molecule is CCCC(NC(=O)c1cc(N2CCNC2=O)ccc1F)C(=O)O.